The number of nitriles is 1. The molecule has 33 heavy (non-hydrogen) atoms. The molecule has 0 spiro atoms. The van der Waals surface area contributed by atoms with Crippen molar-refractivity contribution in [3.05, 3.63) is 99.4 Å². The zero-order valence-corrected chi connectivity index (χ0v) is 17.4. The monoisotopic (exact) mass is 447 g/mol. The second-order valence-corrected chi connectivity index (χ2v) is 6.72. The van der Waals surface area contributed by atoms with E-state index >= 15 is 0 Å². The SMILES string of the molecule is COc1ccc(/C=C(\C#N)C(=O)Nc2ccccc2F)c(OCc2cccc([N+](=O)[O-])c2)c1. The largest absolute Gasteiger partial charge is 0.497 e. The number of nitro benzene ring substituents is 1. The molecule has 0 fully saturated rings. The van der Waals surface area contributed by atoms with Crippen LogP contribution >= 0.6 is 0 Å². The third-order valence-corrected chi connectivity index (χ3v) is 4.52. The first-order valence-electron chi connectivity index (χ1n) is 9.63. The highest BCUT2D eigenvalue weighted by atomic mass is 19.1. The molecule has 3 aromatic carbocycles. The number of carbonyl (C=O) groups excluding carboxylic acids is 1. The van der Waals surface area contributed by atoms with Gasteiger partial charge in [-0.3, -0.25) is 14.9 Å². The number of halogens is 1. The Bertz CT molecular complexity index is 1270. The van der Waals surface area contributed by atoms with E-state index in [1.807, 2.05) is 0 Å². The van der Waals surface area contributed by atoms with E-state index in [4.69, 9.17) is 9.47 Å². The number of hydrogen-bond acceptors (Lipinski definition) is 6. The van der Waals surface area contributed by atoms with Crippen LogP contribution in [0.3, 0.4) is 0 Å². The van der Waals surface area contributed by atoms with E-state index in [1.165, 1.54) is 43.5 Å². The normalized spacial score (nSPS) is 10.8. The summed E-state index contributed by atoms with van der Waals surface area (Å²) in [6.45, 7) is -0.000995. The van der Waals surface area contributed by atoms with Gasteiger partial charge in [0.05, 0.1) is 17.7 Å². The van der Waals surface area contributed by atoms with Gasteiger partial charge in [-0.15, -0.1) is 0 Å². The standard InChI is InChI=1S/C24H18FN3O5/c1-32-20-10-9-17(12-18(14-26)24(29)27-22-8-3-2-7-21(22)25)23(13-20)33-15-16-5-4-6-19(11-16)28(30)31/h2-13H,15H2,1H3,(H,27,29)/b18-12+. The average molecular weight is 447 g/mol. The molecular weight excluding hydrogens is 429 g/mol. The summed E-state index contributed by atoms with van der Waals surface area (Å²) in [4.78, 5) is 23.0. The lowest BCUT2D eigenvalue weighted by Gasteiger charge is -2.12. The van der Waals surface area contributed by atoms with Gasteiger partial charge in [-0.1, -0.05) is 24.3 Å². The fourth-order valence-corrected chi connectivity index (χ4v) is 2.86. The number of nitro groups is 1. The van der Waals surface area contributed by atoms with Crippen molar-refractivity contribution >= 4 is 23.4 Å². The lowest BCUT2D eigenvalue weighted by Crippen LogP contribution is -2.14. The van der Waals surface area contributed by atoms with Crippen LogP contribution in [0, 0.1) is 27.3 Å². The van der Waals surface area contributed by atoms with E-state index in [0.29, 0.717) is 16.9 Å². The number of non-ortho nitro benzene ring substituents is 1. The summed E-state index contributed by atoms with van der Waals surface area (Å²) in [6.07, 6.45) is 1.30. The van der Waals surface area contributed by atoms with Gasteiger partial charge in [0, 0.05) is 23.8 Å². The molecule has 0 radical (unpaired) electrons. The minimum absolute atomic E-state index is 0.000995. The Hall–Kier alpha value is -4.71. The minimum atomic E-state index is -0.789. The molecule has 0 unspecified atom stereocenters. The van der Waals surface area contributed by atoms with Gasteiger partial charge in [0.25, 0.3) is 11.6 Å². The summed E-state index contributed by atoms with van der Waals surface area (Å²) in [5.41, 5.74) is 0.545. The molecule has 8 nitrogen and oxygen atoms in total. The van der Waals surface area contributed by atoms with Crippen LogP contribution in [0.1, 0.15) is 11.1 Å². The number of hydrogen-bond donors (Lipinski definition) is 1. The molecule has 9 heteroatoms. The fraction of sp³-hybridized carbons (Fsp3) is 0.0833. The Labute approximate surface area is 188 Å². The molecule has 0 saturated heterocycles. The smallest absolute Gasteiger partial charge is 0.269 e. The molecule has 0 atom stereocenters. The van der Waals surface area contributed by atoms with Crippen molar-refractivity contribution in [2.75, 3.05) is 12.4 Å². The highest BCUT2D eigenvalue weighted by molar-refractivity contribution is 6.09. The number of nitrogens with one attached hydrogen (secondary N) is 1. The number of carbonyl (C=O) groups is 1. The quantitative estimate of drug-likeness (QED) is 0.228. The molecule has 1 amide bonds. The molecule has 3 rings (SSSR count). The topological polar surface area (TPSA) is 114 Å². The molecule has 166 valence electrons. The van der Waals surface area contributed by atoms with Crippen molar-refractivity contribution in [3.8, 4) is 17.6 Å². The van der Waals surface area contributed by atoms with Crippen LogP contribution in [0.15, 0.2) is 72.3 Å². The second-order valence-electron chi connectivity index (χ2n) is 6.72. The van der Waals surface area contributed by atoms with Crippen molar-refractivity contribution < 1.29 is 23.6 Å². The number of ether oxygens (including phenoxy) is 2. The van der Waals surface area contributed by atoms with Crippen LogP contribution in [0.25, 0.3) is 6.08 Å². The summed E-state index contributed by atoms with van der Waals surface area (Å²) < 4.78 is 24.9. The zero-order chi connectivity index (χ0) is 23.8. The van der Waals surface area contributed by atoms with Crippen LogP contribution in [-0.2, 0) is 11.4 Å². The number of para-hydroxylation sites is 1. The molecule has 0 saturated carbocycles. The van der Waals surface area contributed by atoms with E-state index in [2.05, 4.69) is 5.32 Å². The lowest BCUT2D eigenvalue weighted by molar-refractivity contribution is -0.384. The molecule has 0 aliphatic heterocycles. The van der Waals surface area contributed by atoms with Crippen molar-refractivity contribution in [3.63, 3.8) is 0 Å². The van der Waals surface area contributed by atoms with Gasteiger partial charge in [-0.25, -0.2) is 4.39 Å². The number of nitrogens with zero attached hydrogens (tertiary/aromatic N) is 2. The maximum atomic E-state index is 13.8. The predicted molar refractivity (Wildman–Crippen MR) is 119 cm³/mol. The van der Waals surface area contributed by atoms with Crippen molar-refractivity contribution in [2.45, 2.75) is 6.61 Å². The van der Waals surface area contributed by atoms with Crippen LogP contribution in [-0.4, -0.2) is 17.9 Å². The summed E-state index contributed by atoms with van der Waals surface area (Å²) in [5.74, 6) is -0.667. The molecule has 3 aromatic rings. The van der Waals surface area contributed by atoms with Gasteiger partial charge in [0.15, 0.2) is 0 Å². The van der Waals surface area contributed by atoms with Gasteiger partial charge in [-0.2, -0.15) is 5.26 Å². The third kappa shape index (κ3) is 5.92. The molecule has 1 N–H and O–H groups in total. The third-order valence-electron chi connectivity index (χ3n) is 4.52. The van der Waals surface area contributed by atoms with Gasteiger partial charge >= 0.3 is 0 Å². The first-order valence-corrected chi connectivity index (χ1v) is 9.63. The summed E-state index contributed by atoms with van der Waals surface area (Å²) in [5, 5.41) is 22.8. The minimum Gasteiger partial charge on any atom is -0.497 e. The highest BCUT2D eigenvalue weighted by Gasteiger charge is 2.14. The van der Waals surface area contributed by atoms with Crippen molar-refractivity contribution in [2.24, 2.45) is 0 Å². The van der Waals surface area contributed by atoms with E-state index in [9.17, 15) is 24.6 Å². The number of amides is 1. The van der Waals surface area contributed by atoms with Crippen LogP contribution in [0.5, 0.6) is 11.5 Å². The highest BCUT2D eigenvalue weighted by Crippen LogP contribution is 2.28. The predicted octanol–water partition coefficient (Wildman–Crippen LogP) is 4.87. The number of methoxy groups -OCH3 is 1. The second kappa shape index (κ2) is 10.5. The van der Waals surface area contributed by atoms with Crippen LogP contribution < -0.4 is 14.8 Å². The molecular formula is C24H18FN3O5. The van der Waals surface area contributed by atoms with Gasteiger partial charge in [-0.05, 0) is 35.9 Å². The first-order chi connectivity index (χ1) is 15.9. The Morgan fingerprint density at radius 1 is 1.18 bits per heavy atom. The van der Waals surface area contributed by atoms with Crippen molar-refractivity contribution in [1.29, 1.82) is 5.26 Å². The van der Waals surface area contributed by atoms with Crippen LogP contribution in [0.4, 0.5) is 15.8 Å². The van der Waals surface area contributed by atoms with Crippen molar-refractivity contribution in [1.82, 2.24) is 0 Å². The molecule has 0 aromatic heterocycles. The van der Waals surface area contributed by atoms with E-state index in [0.717, 1.165) is 0 Å². The van der Waals surface area contributed by atoms with E-state index in [-0.39, 0.29) is 29.3 Å². The molecule has 0 aliphatic carbocycles. The summed E-state index contributed by atoms with van der Waals surface area (Å²) in [7, 11) is 1.47. The Kier molecular flexibility index (Phi) is 7.34. The molecule has 0 aliphatic rings. The first kappa shape index (κ1) is 23.0. The lowest BCUT2D eigenvalue weighted by atomic mass is 10.1. The van der Waals surface area contributed by atoms with Gasteiger partial charge in [0.1, 0.15) is 35.6 Å². The van der Waals surface area contributed by atoms with Crippen LogP contribution in [0.2, 0.25) is 0 Å². The Morgan fingerprint density at radius 3 is 2.67 bits per heavy atom. The van der Waals surface area contributed by atoms with Gasteiger partial charge in [0.2, 0.25) is 0 Å². The maximum absolute atomic E-state index is 13.8. The Morgan fingerprint density at radius 2 is 1.97 bits per heavy atom. The summed E-state index contributed by atoms with van der Waals surface area (Å²) >= 11 is 0. The van der Waals surface area contributed by atoms with E-state index < -0.39 is 16.6 Å². The maximum Gasteiger partial charge on any atom is 0.269 e. The molecule has 0 bridgehead atoms. The number of benzene rings is 3. The van der Waals surface area contributed by atoms with E-state index in [1.54, 1.807) is 42.5 Å². The average Bonchev–Trinajstić information content (AvgIpc) is 2.83. The molecule has 0 heterocycles. The van der Waals surface area contributed by atoms with Gasteiger partial charge < -0.3 is 14.8 Å². The number of anilines is 1. The summed E-state index contributed by atoms with van der Waals surface area (Å²) in [6, 6.07) is 18.2. The Balaban J connectivity index is 1.87. The number of rotatable bonds is 8. The fourth-order valence-electron chi connectivity index (χ4n) is 2.86. The zero-order valence-electron chi connectivity index (χ0n) is 17.4.